The highest BCUT2D eigenvalue weighted by Gasteiger charge is 2.18. The molecule has 1 aromatic heterocycles. The van der Waals surface area contributed by atoms with Gasteiger partial charge in [-0.05, 0) is 47.4 Å². The van der Waals surface area contributed by atoms with Gasteiger partial charge in [0.1, 0.15) is 10.6 Å². The number of rotatable bonds is 7. The highest BCUT2D eigenvalue weighted by atomic mass is 32.1. The number of carboxylic acids is 1. The van der Waals surface area contributed by atoms with Crippen molar-refractivity contribution in [3.63, 3.8) is 0 Å². The lowest BCUT2D eigenvalue weighted by atomic mass is 10.0. The van der Waals surface area contributed by atoms with E-state index in [1.54, 1.807) is 25.3 Å². The lowest BCUT2D eigenvalue weighted by molar-refractivity contribution is 0.0703. The van der Waals surface area contributed by atoms with Gasteiger partial charge in [-0.15, -0.1) is 11.3 Å². The first-order valence-corrected chi connectivity index (χ1v) is 9.91. The minimum Gasteiger partial charge on any atom is -0.497 e. The van der Waals surface area contributed by atoms with Crippen LogP contribution in [0.3, 0.4) is 0 Å². The molecule has 0 fully saturated rings. The molecule has 1 heterocycles. The van der Waals surface area contributed by atoms with E-state index in [9.17, 15) is 14.7 Å². The molecule has 7 heteroatoms. The number of carbonyl (C=O) groups is 2. The second kappa shape index (κ2) is 9.25. The first-order valence-electron chi connectivity index (χ1n) is 9.09. The van der Waals surface area contributed by atoms with E-state index in [0.717, 1.165) is 27.3 Å². The van der Waals surface area contributed by atoms with Crippen LogP contribution >= 0.6 is 11.3 Å². The summed E-state index contributed by atoms with van der Waals surface area (Å²) in [6, 6.07) is 18.4. The summed E-state index contributed by atoms with van der Waals surface area (Å²) in [6.07, 6.45) is 0. The summed E-state index contributed by atoms with van der Waals surface area (Å²) in [5.41, 5.74) is 2.25. The average molecular weight is 410 g/mol. The third-order valence-electron chi connectivity index (χ3n) is 4.49. The Balaban J connectivity index is 1.69. The van der Waals surface area contributed by atoms with Crippen LogP contribution in [0.1, 0.15) is 28.1 Å². The molecule has 0 saturated carbocycles. The van der Waals surface area contributed by atoms with Crippen molar-refractivity contribution in [1.82, 2.24) is 5.32 Å². The number of thiophene rings is 1. The zero-order valence-corrected chi connectivity index (χ0v) is 17.0. The SMILES string of the molecule is COc1ccc(-c2cc(NC(=O)NCC(C)c3ccccc3)c(C(=O)O)s2)cc1. The molecule has 3 rings (SSSR count). The molecule has 0 spiro atoms. The Morgan fingerprint density at radius 1 is 1.10 bits per heavy atom. The Bertz CT molecular complexity index is 984. The summed E-state index contributed by atoms with van der Waals surface area (Å²) in [7, 11) is 1.59. The lowest BCUT2D eigenvalue weighted by Gasteiger charge is -2.13. The Hall–Kier alpha value is -3.32. The van der Waals surface area contributed by atoms with Crippen molar-refractivity contribution in [2.45, 2.75) is 12.8 Å². The maximum absolute atomic E-state index is 12.3. The number of aromatic carboxylic acids is 1. The number of carbonyl (C=O) groups excluding carboxylic acids is 1. The minimum atomic E-state index is -1.08. The fourth-order valence-electron chi connectivity index (χ4n) is 2.85. The van der Waals surface area contributed by atoms with Crippen molar-refractivity contribution in [3.8, 4) is 16.2 Å². The Morgan fingerprint density at radius 2 is 1.79 bits per heavy atom. The molecule has 6 nitrogen and oxygen atoms in total. The van der Waals surface area contributed by atoms with Gasteiger partial charge in [0.25, 0.3) is 0 Å². The van der Waals surface area contributed by atoms with Crippen LogP contribution in [0.5, 0.6) is 5.75 Å². The standard InChI is InChI=1S/C22H22N2O4S/c1-14(15-6-4-3-5-7-15)13-23-22(27)24-18-12-19(29-20(18)21(25)26)16-8-10-17(28-2)11-9-16/h3-12,14H,13H2,1-2H3,(H,25,26)(H2,23,24,27). The lowest BCUT2D eigenvalue weighted by Crippen LogP contribution is -2.32. The predicted molar refractivity (Wildman–Crippen MR) is 115 cm³/mol. The first kappa shape index (κ1) is 20.4. The number of amides is 2. The van der Waals surface area contributed by atoms with Gasteiger partial charge in [-0.3, -0.25) is 0 Å². The minimum absolute atomic E-state index is 0.0853. The molecular weight excluding hydrogens is 388 g/mol. The van der Waals surface area contributed by atoms with Crippen LogP contribution in [0.4, 0.5) is 10.5 Å². The number of nitrogens with one attached hydrogen (secondary N) is 2. The van der Waals surface area contributed by atoms with Crippen LogP contribution in [0.15, 0.2) is 60.7 Å². The molecule has 150 valence electrons. The van der Waals surface area contributed by atoms with Gasteiger partial charge in [-0.2, -0.15) is 0 Å². The van der Waals surface area contributed by atoms with Crippen LogP contribution in [-0.2, 0) is 0 Å². The molecule has 0 bridgehead atoms. The number of methoxy groups -OCH3 is 1. The summed E-state index contributed by atoms with van der Waals surface area (Å²) < 4.78 is 5.15. The van der Waals surface area contributed by atoms with Gasteiger partial charge in [0.15, 0.2) is 0 Å². The van der Waals surface area contributed by atoms with E-state index in [0.29, 0.717) is 12.3 Å². The second-order valence-corrected chi connectivity index (χ2v) is 7.59. The largest absolute Gasteiger partial charge is 0.497 e. The van der Waals surface area contributed by atoms with Gasteiger partial charge in [0.05, 0.1) is 12.8 Å². The Labute approximate surface area is 173 Å². The summed E-state index contributed by atoms with van der Waals surface area (Å²) in [6.45, 7) is 2.46. The van der Waals surface area contributed by atoms with Crippen molar-refractivity contribution in [2.24, 2.45) is 0 Å². The van der Waals surface area contributed by atoms with E-state index in [-0.39, 0.29) is 16.5 Å². The first-order chi connectivity index (χ1) is 14.0. The highest BCUT2D eigenvalue weighted by molar-refractivity contribution is 7.18. The average Bonchev–Trinajstić information content (AvgIpc) is 3.16. The molecule has 1 atom stereocenters. The van der Waals surface area contributed by atoms with Crippen molar-refractivity contribution in [2.75, 3.05) is 19.0 Å². The molecule has 0 saturated heterocycles. The van der Waals surface area contributed by atoms with E-state index in [2.05, 4.69) is 10.6 Å². The van der Waals surface area contributed by atoms with E-state index >= 15 is 0 Å². The smallest absolute Gasteiger partial charge is 0.348 e. The van der Waals surface area contributed by atoms with Gasteiger partial charge >= 0.3 is 12.0 Å². The third-order valence-corrected chi connectivity index (χ3v) is 5.66. The number of carboxylic acid groups (broad SMARTS) is 1. The van der Waals surface area contributed by atoms with Gasteiger partial charge in [-0.25, -0.2) is 9.59 Å². The molecule has 0 aliphatic carbocycles. The normalized spacial score (nSPS) is 11.5. The summed E-state index contributed by atoms with van der Waals surface area (Å²) in [5, 5.41) is 15.0. The summed E-state index contributed by atoms with van der Waals surface area (Å²) in [5.74, 6) is -0.227. The number of hydrogen-bond donors (Lipinski definition) is 3. The number of anilines is 1. The Morgan fingerprint density at radius 3 is 2.41 bits per heavy atom. The van der Waals surface area contributed by atoms with Crippen molar-refractivity contribution in [3.05, 3.63) is 71.1 Å². The van der Waals surface area contributed by atoms with E-state index in [4.69, 9.17) is 4.74 Å². The molecular formula is C22H22N2O4S. The summed E-state index contributed by atoms with van der Waals surface area (Å²) in [4.78, 5) is 24.8. The van der Waals surface area contributed by atoms with Gasteiger partial charge in [-0.1, -0.05) is 37.3 Å². The molecule has 1 unspecified atom stereocenters. The molecule has 0 aliphatic rings. The molecule has 0 radical (unpaired) electrons. The molecule has 3 N–H and O–H groups in total. The monoisotopic (exact) mass is 410 g/mol. The van der Waals surface area contributed by atoms with Crippen molar-refractivity contribution in [1.29, 1.82) is 0 Å². The van der Waals surface area contributed by atoms with Crippen molar-refractivity contribution >= 4 is 29.0 Å². The molecule has 2 aromatic carbocycles. The molecule has 2 amide bonds. The molecule has 29 heavy (non-hydrogen) atoms. The van der Waals surface area contributed by atoms with Crippen molar-refractivity contribution < 1.29 is 19.4 Å². The van der Waals surface area contributed by atoms with E-state index in [1.165, 1.54) is 0 Å². The third kappa shape index (κ3) is 5.14. The zero-order chi connectivity index (χ0) is 20.8. The summed E-state index contributed by atoms with van der Waals surface area (Å²) >= 11 is 1.11. The fraction of sp³-hybridized carbons (Fsp3) is 0.182. The van der Waals surface area contributed by atoms with Gasteiger partial charge in [0, 0.05) is 11.4 Å². The number of hydrogen-bond acceptors (Lipinski definition) is 4. The van der Waals surface area contributed by atoms with E-state index < -0.39 is 12.0 Å². The number of ether oxygens (including phenoxy) is 1. The van der Waals surface area contributed by atoms with Crippen LogP contribution in [0.25, 0.3) is 10.4 Å². The zero-order valence-electron chi connectivity index (χ0n) is 16.1. The maximum atomic E-state index is 12.3. The second-order valence-electron chi connectivity index (χ2n) is 6.53. The van der Waals surface area contributed by atoms with Crippen LogP contribution < -0.4 is 15.4 Å². The fourth-order valence-corrected chi connectivity index (χ4v) is 3.81. The van der Waals surface area contributed by atoms with Crippen LogP contribution in [0.2, 0.25) is 0 Å². The van der Waals surface area contributed by atoms with E-state index in [1.807, 2.05) is 49.4 Å². The number of benzene rings is 2. The number of urea groups is 1. The van der Waals surface area contributed by atoms with Gasteiger partial charge in [0.2, 0.25) is 0 Å². The van der Waals surface area contributed by atoms with Gasteiger partial charge < -0.3 is 20.5 Å². The molecule has 3 aromatic rings. The molecule has 0 aliphatic heterocycles. The quantitative estimate of drug-likeness (QED) is 0.509. The topological polar surface area (TPSA) is 87.7 Å². The highest BCUT2D eigenvalue weighted by Crippen LogP contribution is 2.35. The maximum Gasteiger partial charge on any atom is 0.348 e. The predicted octanol–water partition coefficient (Wildman–Crippen LogP) is 5.05. The van der Waals surface area contributed by atoms with Crippen LogP contribution in [-0.4, -0.2) is 30.8 Å². The van der Waals surface area contributed by atoms with Crippen LogP contribution in [0, 0.1) is 0 Å². The Kier molecular flexibility index (Phi) is 6.51.